The second-order valence-electron chi connectivity index (χ2n) is 5.10. The first-order chi connectivity index (χ1) is 9.01. The third-order valence-corrected chi connectivity index (χ3v) is 3.50. The Labute approximate surface area is 112 Å². The molecule has 19 heavy (non-hydrogen) atoms. The Kier molecular flexibility index (Phi) is 3.87. The summed E-state index contributed by atoms with van der Waals surface area (Å²) < 4.78 is 1.65. The second-order valence-corrected chi connectivity index (χ2v) is 5.10. The lowest BCUT2D eigenvalue weighted by atomic mass is 10.1. The van der Waals surface area contributed by atoms with Crippen LogP contribution in [0.2, 0.25) is 0 Å². The normalized spacial score (nSPS) is 20.7. The van der Waals surface area contributed by atoms with Gasteiger partial charge in [0, 0.05) is 32.3 Å². The van der Waals surface area contributed by atoms with Crippen LogP contribution in [0.3, 0.4) is 0 Å². The number of nitrogens with zero attached hydrogens (tertiary/aromatic N) is 3. The molecule has 1 aromatic rings. The topological polar surface area (TPSA) is 67.2 Å². The molecule has 1 saturated heterocycles. The summed E-state index contributed by atoms with van der Waals surface area (Å²) in [7, 11) is 1.80. The number of carbonyl (C=O) groups is 2. The predicted molar refractivity (Wildman–Crippen MR) is 71.6 cm³/mol. The zero-order chi connectivity index (χ0) is 14.0. The van der Waals surface area contributed by atoms with Crippen LogP contribution in [-0.2, 0) is 16.6 Å². The fraction of sp³-hybridized carbons (Fsp3) is 0.615. The van der Waals surface area contributed by atoms with E-state index in [1.807, 2.05) is 13.8 Å². The van der Waals surface area contributed by atoms with Gasteiger partial charge in [0.05, 0.1) is 17.8 Å². The Morgan fingerprint density at radius 1 is 1.63 bits per heavy atom. The third kappa shape index (κ3) is 2.94. The number of nitrogens with one attached hydrogen (secondary N) is 1. The molecule has 0 radical (unpaired) electrons. The van der Waals surface area contributed by atoms with Gasteiger partial charge in [-0.15, -0.1) is 0 Å². The molecule has 0 saturated carbocycles. The summed E-state index contributed by atoms with van der Waals surface area (Å²) in [6.45, 7) is 4.42. The van der Waals surface area contributed by atoms with E-state index in [-0.39, 0.29) is 30.2 Å². The molecule has 1 fully saturated rings. The Bertz CT molecular complexity index is 483. The van der Waals surface area contributed by atoms with Crippen molar-refractivity contribution < 1.29 is 9.59 Å². The molecule has 6 nitrogen and oxygen atoms in total. The number of hydrogen-bond acceptors (Lipinski definition) is 3. The van der Waals surface area contributed by atoms with Crippen LogP contribution in [-0.4, -0.2) is 34.2 Å². The van der Waals surface area contributed by atoms with Crippen molar-refractivity contribution in [3.8, 4) is 0 Å². The van der Waals surface area contributed by atoms with Gasteiger partial charge in [0.1, 0.15) is 0 Å². The van der Waals surface area contributed by atoms with E-state index in [4.69, 9.17) is 0 Å². The molecule has 2 heterocycles. The van der Waals surface area contributed by atoms with Crippen molar-refractivity contribution in [3.05, 3.63) is 12.4 Å². The highest BCUT2D eigenvalue weighted by Crippen LogP contribution is 2.24. The van der Waals surface area contributed by atoms with Crippen molar-refractivity contribution in [2.75, 3.05) is 11.4 Å². The van der Waals surface area contributed by atoms with Crippen LogP contribution >= 0.6 is 0 Å². The second kappa shape index (κ2) is 5.42. The minimum absolute atomic E-state index is 0.0164. The highest BCUT2D eigenvalue weighted by atomic mass is 16.2. The minimum Gasteiger partial charge on any atom is -0.353 e. The first-order valence-electron chi connectivity index (χ1n) is 6.60. The maximum Gasteiger partial charge on any atom is 0.227 e. The van der Waals surface area contributed by atoms with E-state index in [9.17, 15) is 9.59 Å². The van der Waals surface area contributed by atoms with Crippen LogP contribution < -0.4 is 10.2 Å². The molecular weight excluding hydrogens is 244 g/mol. The summed E-state index contributed by atoms with van der Waals surface area (Å²) in [5, 5.41) is 6.98. The van der Waals surface area contributed by atoms with E-state index < -0.39 is 0 Å². The Hall–Kier alpha value is -1.85. The molecule has 1 N–H and O–H groups in total. The molecule has 6 heteroatoms. The number of anilines is 1. The minimum atomic E-state index is -0.262. The number of aromatic nitrogens is 2. The average molecular weight is 264 g/mol. The van der Waals surface area contributed by atoms with Crippen LogP contribution in [0.4, 0.5) is 5.69 Å². The quantitative estimate of drug-likeness (QED) is 0.870. The molecule has 2 atom stereocenters. The summed E-state index contributed by atoms with van der Waals surface area (Å²) in [4.78, 5) is 25.6. The first-order valence-corrected chi connectivity index (χ1v) is 6.60. The number of rotatable bonds is 4. The highest BCUT2D eigenvalue weighted by molar-refractivity contribution is 6.00. The Morgan fingerprint density at radius 2 is 2.37 bits per heavy atom. The van der Waals surface area contributed by atoms with Gasteiger partial charge in [0.2, 0.25) is 11.8 Å². The largest absolute Gasteiger partial charge is 0.353 e. The van der Waals surface area contributed by atoms with E-state index in [0.29, 0.717) is 6.54 Å². The fourth-order valence-electron chi connectivity index (χ4n) is 2.14. The molecule has 104 valence electrons. The lowest BCUT2D eigenvalue weighted by molar-refractivity contribution is -0.126. The monoisotopic (exact) mass is 264 g/mol. The molecule has 0 bridgehead atoms. The smallest absolute Gasteiger partial charge is 0.227 e. The summed E-state index contributed by atoms with van der Waals surface area (Å²) in [6, 6.07) is 0.148. The van der Waals surface area contributed by atoms with Crippen LogP contribution in [0.15, 0.2) is 12.4 Å². The van der Waals surface area contributed by atoms with Crippen molar-refractivity contribution in [2.24, 2.45) is 13.0 Å². The van der Waals surface area contributed by atoms with Crippen molar-refractivity contribution >= 4 is 17.5 Å². The van der Waals surface area contributed by atoms with Crippen LogP contribution in [0.1, 0.15) is 26.7 Å². The summed E-state index contributed by atoms with van der Waals surface area (Å²) in [5.74, 6) is -0.312. The maximum atomic E-state index is 12.0. The van der Waals surface area contributed by atoms with Crippen molar-refractivity contribution in [1.29, 1.82) is 0 Å². The van der Waals surface area contributed by atoms with Gasteiger partial charge in [0.15, 0.2) is 0 Å². The van der Waals surface area contributed by atoms with Gasteiger partial charge < -0.3 is 10.2 Å². The van der Waals surface area contributed by atoms with Crippen molar-refractivity contribution in [2.45, 2.75) is 32.7 Å². The molecule has 0 aromatic carbocycles. The van der Waals surface area contributed by atoms with E-state index >= 15 is 0 Å². The molecule has 0 aliphatic carbocycles. The number of hydrogen-bond donors (Lipinski definition) is 1. The predicted octanol–water partition coefficient (Wildman–Crippen LogP) is 0.688. The van der Waals surface area contributed by atoms with Gasteiger partial charge in [-0.05, 0) is 13.3 Å². The molecular formula is C13H20N4O2. The van der Waals surface area contributed by atoms with Crippen LogP contribution in [0.25, 0.3) is 0 Å². The molecule has 2 rings (SSSR count). The number of amides is 2. The van der Waals surface area contributed by atoms with Crippen molar-refractivity contribution in [1.82, 2.24) is 15.1 Å². The van der Waals surface area contributed by atoms with Crippen molar-refractivity contribution in [3.63, 3.8) is 0 Å². The highest BCUT2D eigenvalue weighted by Gasteiger charge is 2.35. The molecule has 0 spiro atoms. The first kappa shape index (κ1) is 13.6. The van der Waals surface area contributed by atoms with Gasteiger partial charge in [-0.3, -0.25) is 14.3 Å². The Balaban J connectivity index is 2.01. The Morgan fingerprint density at radius 3 is 2.95 bits per heavy atom. The molecule has 2 amide bonds. The van der Waals surface area contributed by atoms with E-state index in [0.717, 1.165) is 12.1 Å². The zero-order valence-electron chi connectivity index (χ0n) is 11.6. The van der Waals surface area contributed by atoms with E-state index in [2.05, 4.69) is 10.4 Å². The number of carbonyl (C=O) groups excluding carboxylic acids is 2. The maximum absolute atomic E-state index is 12.0. The van der Waals surface area contributed by atoms with E-state index in [1.165, 1.54) is 0 Å². The lowest BCUT2D eigenvalue weighted by Crippen LogP contribution is -2.38. The molecule has 0 unspecified atom stereocenters. The van der Waals surface area contributed by atoms with Gasteiger partial charge in [-0.25, -0.2) is 0 Å². The standard InChI is InChI=1S/C13H20N4O2/c1-4-9(2)15-13(19)10-5-12(18)17(7-10)11-6-14-16(3)8-11/h6,8-10H,4-5,7H2,1-3H3,(H,15,19)/t9-,10-/m1/s1. The van der Waals surface area contributed by atoms with Crippen LogP contribution in [0.5, 0.6) is 0 Å². The van der Waals surface area contributed by atoms with Gasteiger partial charge in [-0.1, -0.05) is 6.92 Å². The van der Waals surface area contributed by atoms with Gasteiger partial charge in [-0.2, -0.15) is 5.10 Å². The third-order valence-electron chi connectivity index (χ3n) is 3.50. The zero-order valence-corrected chi connectivity index (χ0v) is 11.6. The molecule has 1 aromatic heterocycles. The molecule has 1 aliphatic heterocycles. The van der Waals surface area contributed by atoms with Gasteiger partial charge in [0.25, 0.3) is 0 Å². The lowest BCUT2D eigenvalue weighted by Gasteiger charge is -2.16. The summed E-state index contributed by atoms with van der Waals surface area (Å²) in [5.41, 5.74) is 0.756. The average Bonchev–Trinajstić information content (AvgIpc) is 2.95. The number of aryl methyl sites for hydroxylation is 1. The SMILES string of the molecule is CC[C@@H](C)NC(=O)[C@@H]1CC(=O)N(c2cnn(C)c2)C1. The summed E-state index contributed by atoms with van der Waals surface area (Å²) in [6.07, 6.45) is 4.59. The summed E-state index contributed by atoms with van der Waals surface area (Å²) >= 11 is 0. The molecule has 1 aliphatic rings. The van der Waals surface area contributed by atoms with E-state index in [1.54, 1.807) is 29.0 Å². The van der Waals surface area contributed by atoms with Gasteiger partial charge >= 0.3 is 0 Å². The van der Waals surface area contributed by atoms with Crippen LogP contribution in [0, 0.1) is 5.92 Å². The fourth-order valence-corrected chi connectivity index (χ4v) is 2.14.